The third-order valence-electron chi connectivity index (χ3n) is 5.15. The van der Waals surface area contributed by atoms with Gasteiger partial charge in [-0.15, -0.1) is 0 Å². The highest BCUT2D eigenvalue weighted by Crippen LogP contribution is 2.31. The molecular formula is C18H26N2O4. The van der Waals surface area contributed by atoms with Crippen LogP contribution in [0.4, 0.5) is 0 Å². The number of ether oxygens (including phenoxy) is 2. The number of likely N-dealkylation sites (tertiary alicyclic amines) is 1. The largest absolute Gasteiger partial charge is 0.496 e. The highest BCUT2D eigenvalue weighted by molar-refractivity contribution is 5.83. The fourth-order valence-corrected chi connectivity index (χ4v) is 3.75. The minimum absolute atomic E-state index is 0.0156. The number of carbonyl (C=O) groups excluding carboxylic acids is 1. The first kappa shape index (κ1) is 17.2. The number of piperazine rings is 1. The number of nitrogens with zero attached hydrogens (tertiary/aromatic N) is 2. The maximum absolute atomic E-state index is 12.6. The van der Waals surface area contributed by atoms with Crippen molar-refractivity contribution < 1.29 is 19.4 Å². The predicted molar refractivity (Wildman–Crippen MR) is 89.6 cm³/mol. The van der Waals surface area contributed by atoms with Crippen molar-refractivity contribution in [2.75, 3.05) is 27.3 Å². The van der Waals surface area contributed by atoms with E-state index in [1.807, 2.05) is 36.2 Å². The average molecular weight is 334 g/mol. The summed E-state index contributed by atoms with van der Waals surface area (Å²) in [5.41, 5.74) is 0.974. The summed E-state index contributed by atoms with van der Waals surface area (Å²) in [4.78, 5) is 16.2. The number of para-hydroxylation sites is 1. The fourth-order valence-electron chi connectivity index (χ4n) is 3.75. The van der Waals surface area contributed by atoms with Crippen LogP contribution in [0, 0.1) is 0 Å². The highest BCUT2D eigenvalue weighted by Gasteiger charge is 2.46. The molecule has 2 aliphatic heterocycles. The van der Waals surface area contributed by atoms with Gasteiger partial charge in [-0.25, -0.2) is 0 Å². The molecule has 3 rings (SSSR count). The van der Waals surface area contributed by atoms with E-state index < -0.39 is 6.23 Å². The van der Waals surface area contributed by atoms with Crippen molar-refractivity contribution in [3.05, 3.63) is 29.8 Å². The van der Waals surface area contributed by atoms with Crippen LogP contribution in [0.2, 0.25) is 0 Å². The molecule has 1 N–H and O–H groups in total. The number of fused-ring (bicyclic) bond motifs is 2. The van der Waals surface area contributed by atoms with E-state index in [9.17, 15) is 9.90 Å². The van der Waals surface area contributed by atoms with Gasteiger partial charge in [0.2, 0.25) is 5.91 Å². The van der Waals surface area contributed by atoms with Gasteiger partial charge in [0, 0.05) is 12.1 Å². The number of aliphatic hydroxyl groups excluding tert-OH is 1. The zero-order chi connectivity index (χ0) is 17.1. The van der Waals surface area contributed by atoms with E-state index in [0.29, 0.717) is 19.8 Å². The minimum atomic E-state index is -0.742. The normalized spacial score (nSPS) is 27.4. The maximum Gasteiger partial charge on any atom is 0.242 e. The monoisotopic (exact) mass is 334 g/mol. The molecule has 3 atom stereocenters. The zero-order valence-corrected chi connectivity index (χ0v) is 14.4. The first-order valence-electron chi connectivity index (χ1n) is 8.53. The third-order valence-corrected chi connectivity index (χ3v) is 5.15. The molecule has 24 heavy (non-hydrogen) atoms. The second kappa shape index (κ2) is 7.51. The van der Waals surface area contributed by atoms with Gasteiger partial charge in [0.15, 0.2) is 0 Å². The van der Waals surface area contributed by atoms with Crippen LogP contribution < -0.4 is 4.74 Å². The molecule has 2 fully saturated rings. The van der Waals surface area contributed by atoms with Crippen molar-refractivity contribution in [3.63, 3.8) is 0 Å². The third kappa shape index (κ3) is 3.27. The molecule has 0 spiro atoms. The van der Waals surface area contributed by atoms with E-state index in [0.717, 1.165) is 30.6 Å². The number of rotatable bonds is 6. The van der Waals surface area contributed by atoms with Gasteiger partial charge >= 0.3 is 0 Å². The topological polar surface area (TPSA) is 62.2 Å². The Kier molecular flexibility index (Phi) is 5.38. The zero-order valence-electron chi connectivity index (χ0n) is 14.4. The smallest absolute Gasteiger partial charge is 0.242 e. The molecule has 0 aromatic heterocycles. The number of piperidine rings is 1. The maximum atomic E-state index is 12.6. The van der Waals surface area contributed by atoms with E-state index in [1.54, 1.807) is 12.0 Å². The number of likely N-dealkylation sites (N-methyl/N-ethyl adjacent to an activating group) is 1. The first-order chi connectivity index (χ1) is 11.6. The quantitative estimate of drug-likeness (QED) is 0.793. The molecule has 1 aromatic rings. The van der Waals surface area contributed by atoms with Crippen LogP contribution in [-0.4, -0.2) is 66.4 Å². The molecule has 0 saturated carbocycles. The second-order valence-corrected chi connectivity index (χ2v) is 6.49. The molecule has 2 aliphatic rings. The number of hydrogen-bond donors (Lipinski definition) is 1. The number of aliphatic hydroxyl groups is 1. The fraction of sp³-hybridized carbons (Fsp3) is 0.611. The van der Waals surface area contributed by atoms with Gasteiger partial charge < -0.3 is 19.5 Å². The SMILES string of the molecule is COc1ccccc1COCCN1C(=O)C2CCCC(C1O)N2C. The van der Waals surface area contributed by atoms with Crippen molar-refractivity contribution in [2.45, 2.75) is 44.2 Å². The van der Waals surface area contributed by atoms with Crippen LogP contribution in [0.1, 0.15) is 24.8 Å². The van der Waals surface area contributed by atoms with Gasteiger partial charge in [-0.05, 0) is 32.4 Å². The molecule has 6 nitrogen and oxygen atoms in total. The van der Waals surface area contributed by atoms with Crippen molar-refractivity contribution in [2.24, 2.45) is 0 Å². The molecule has 6 heteroatoms. The molecular weight excluding hydrogens is 308 g/mol. The van der Waals surface area contributed by atoms with Crippen LogP contribution in [0.15, 0.2) is 24.3 Å². The van der Waals surface area contributed by atoms with Gasteiger partial charge in [-0.1, -0.05) is 18.2 Å². The van der Waals surface area contributed by atoms with Gasteiger partial charge in [-0.3, -0.25) is 9.69 Å². The number of hydrogen-bond acceptors (Lipinski definition) is 5. The van der Waals surface area contributed by atoms with Crippen LogP contribution in [0.25, 0.3) is 0 Å². The summed E-state index contributed by atoms with van der Waals surface area (Å²) >= 11 is 0. The lowest BCUT2D eigenvalue weighted by Crippen LogP contribution is -2.67. The average Bonchev–Trinajstić information content (AvgIpc) is 2.60. The van der Waals surface area contributed by atoms with E-state index in [-0.39, 0.29) is 18.0 Å². The molecule has 2 saturated heterocycles. The van der Waals surface area contributed by atoms with Gasteiger partial charge in [0.25, 0.3) is 0 Å². The van der Waals surface area contributed by atoms with Crippen molar-refractivity contribution in [1.29, 1.82) is 0 Å². The molecule has 0 radical (unpaired) electrons. The summed E-state index contributed by atoms with van der Waals surface area (Å²) in [7, 11) is 3.57. The van der Waals surface area contributed by atoms with E-state index in [4.69, 9.17) is 9.47 Å². The number of benzene rings is 1. The standard InChI is InChI=1S/C18H26N2O4/c1-19-14-7-5-8-15(19)18(22)20(17(14)21)10-11-24-12-13-6-3-4-9-16(13)23-2/h3-4,6,9,14-15,17,21H,5,7-8,10-12H2,1-2H3. The van der Waals surface area contributed by atoms with E-state index in [2.05, 4.69) is 0 Å². The van der Waals surface area contributed by atoms with Crippen molar-refractivity contribution in [1.82, 2.24) is 9.80 Å². The number of methoxy groups -OCH3 is 1. The summed E-state index contributed by atoms with van der Waals surface area (Å²) in [5, 5.41) is 10.5. The Morgan fingerprint density at radius 3 is 2.88 bits per heavy atom. The van der Waals surface area contributed by atoms with Gasteiger partial charge in [-0.2, -0.15) is 0 Å². The Hall–Kier alpha value is -1.63. The lowest BCUT2D eigenvalue weighted by Gasteiger charge is -2.50. The minimum Gasteiger partial charge on any atom is -0.496 e. The van der Waals surface area contributed by atoms with E-state index >= 15 is 0 Å². The van der Waals surface area contributed by atoms with Crippen LogP contribution >= 0.6 is 0 Å². The van der Waals surface area contributed by atoms with Crippen LogP contribution in [0.3, 0.4) is 0 Å². The Morgan fingerprint density at radius 1 is 1.29 bits per heavy atom. The lowest BCUT2D eigenvalue weighted by atomic mass is 9.90. The summed E-state index contributed by atoms with van der Waals surface area (Å²) in [6.07, 6.45) is 2.06. The molecule has 1 aromatic carbocycles. The Morgan fingerprint density at radius 2 is 2.08 bits per heavy atom. The molecule has 2 heterocycles. The lowest BCUT2D eigenvalue weighted by molar-refractivity contribution is -0.175. The van der Waals surface area contributed by atoms with Crippen LogP contribution in [0.5, 0.6) is 5.75 Å². The second-order valence-electron chi connectivity index (χ2n) is 6.49. The van der Waals surface area contributed by atoms with Gasteiger partial charge in [0.05, 0.1) is 32.4 Å². The van der Waals surface area contributed by atoms with Crippen molar-refractivity contribution in [3.8, 4) is 5.75 Å². The van der Waals surface area contributed by atoms with Crippen LogP contribution in [-0.2, 0) is 16.1 Å². The highest BCUT2D eigenvalue weighted by atomic mass is 16.5. The molecule has 3 unspecified atom stereocenters. The Labute approximate surface area is 143 Å². The molecule has 132 valence electrons. The number of carbonyl (C=O) groups is 1. The molecule has 0 aliphatic carbocycles. The molecule has 2 bridgehead atoms. The summed E-state index contributed by atoms with van der Waals surface area (Å²) in [6, 6.07) is 7.65. The van der Waals surface area contributed by atoms with Gasteiger partial charge in [0.1, 0.15) is 12.0 Å². The summed E-state index contributed by atoms with van der Waals surface area (Å²) in [6.45, 7) is 1.23. The Balaban J connectivity index is 1.54. The van der Waals surface area contributed by atoms with Crippen molar-refractivity contribution >= 4 is 5.91 Å². The predicted octanol–water partition coefficient (Wildman–Crippen LogP) is 1.23. The van der Waals surface area contributed by atoms with E-state index in [1.165, 1.54) is 0 Å². The summed E-state index contributed by atoms with van der Waals surface area (Å²) < 4.78 is 11.0. The Bertz CT molecular complexity index is 580. The molecule has 1 amide bonds. The number of amides is 1. The summed E-state index contributed by atoms with van der Waals surface area (Å²) in [5.74, 6) is 0.810. The first-order valence-corrected chi connectivity index (χ1v) is 8.53.